The van der Waals surface area contributed by atoms with Crippen LogP contribution in [0.1, 0.15) is 54.9 Å². The third-order valence-electron chi connectivity index (χ3n) is 5.29. The second-order valence-corrected chi connectivity index (χ2v) is 10.2. The molecule has 3 amide bonds. The lowest BCUT2D eigenvalue weighted by Gasteiger charge is -2.36. The van der Waals surface area contributed by atoms with Crippen LogP contribution in [0.3, 0.4) is 0 Å². The highest BCUT2D eigenvalue weighted by Gasteiger charge is 2.45. The van der Waals surface area contributed by atoms with Crippen LogP contribution in [0.4, 0.5) is 4.79 Å². The van der Waals surface area contributed by atoms with Crippen molar-refractivity contribution in [3.63, 3.8) is 0 Å². The van der Waals surface area contributed by atoms with Crippen molar-refractivity contribution >= 4 is 23.9 Å². The van der Waals surface area contributed by atoms with Crippen LogP contribution in [-0.4, -0.2) is 84.1 Å². The first-order valence-corrected chi connectivity index (χ1v) is 10.7. The molecule has 0 bridgehead atoms. The number of carbonyl (C=O) groups is 4. The van der Waals surface area contributed by atoms with Crippen LogP contribution in [0.15, 0.2) is 5.11 Å². The van der Waals surface area contributed by atoms with Gasteiger partial charge in [-0.25, -0.2) is 9.59 Å². The lowest BCUT2D eigenvalue weighted by Crippen LogP contribution is -2.59. The average molecular weight is 469 g/mol. The number of esters is 1. The first-order valence-electron chi connectivity index (χ1n) is 10.7. The van der Waals surface area contributed by atoms with Gasteiger partial charge in [-0.3, -0.25) is 14.5 Å². The molecule has 33 heavy (non-hydrogen) atoms. The van der Waals surface area contributed by atoms with Crippen LogP contribution in [0, 0.1) is 5.41 Å². The number of likely N-dealkylation sites (N-methyl/N-ethyl adjacent to an activating group) is 1. The number of likely N-dealkylation sites (tertiary alicyclic amines) is 1. The predicted octanol–water partition coefficient (Wildman–Crippen LogP) is 2.23. The smallest absolute Gasteiger partial charge is 0.410 e. The molecule has 2 unspecified atom stereocenters. The quantitative estimate of drug-likeness (QED) is 0.273. The third kappa shape index (κ3) is 7.52. The number of methoxy groups -OCH3 is 1. The molecule has 1 aliphatic rings. The molecule has 1 fully saturated rings. The Bertz CT molecular complexity index is 811. The Morgan fingerprint density at radius 1 is 1.18 bits per heavy atom. The summed E-state index contributed by atoms with van der Waals surface area (Å²) in [5.74, 6) is -1.69. The summed E-state index contributed by atoms with van der Waals surface area (Å²) >= 11 is 0. The van der Waals surface area contributed by atoms with Crippen molar-refractivity contribution in [1.82, 2.24) is 15.1 Å². The Labute approximate surface area is 194 Å². The minimum absolute atomic E-state index is 0.0263. The number of hydrogen-bond donors (Lipinski definition) is 1. The fraction of sp³-hybridized carbons (Fsp3) is 0.810. The van der Waals surface area contributed by atoms with Crippen molar-refractivity contribution in [3.8, 4) is 0 Å². The van der Waals surface area contributed by atoms with E-state index in [4.69, 9.17) is 15.0 Å². The number of nitrogens with zero attached hydrogens (tertiary/aromatic N) is 5. The van der Waals surface area contributed by atoms with Gasteiger partial charge < -0.3 is 19.7 Å². The van der Waals surface area contributed by atoms with Crippen molar-refractivity contribution in [2.75, 3.05) is 20.7 Å². The molecular formula is C21H36N6O6. The van der Waals surface area contributed by atoms with Crippen LogP contribution in [0.2, 0.25) is 0 Å². The molecule has 0 aromatic carbocycles. The van der Waals surface area contributed by atoms with Gasteiger partial charge in [-0.1, -0.05) is 25.9 Å². The first-order chi connectivity index (χ1) is 15.0. The van der Waals surface area contributed by atoms with Crippen LogP contribution < -0.4 is 5.32 Å². The van der Waals surface area contributed by atoms with Crippen LogP contribution in [-0.2, 0) is 23.9 Å². The SMILES string of the molecule is COC(=O)C1CC(N=[N+]=[N-])CN1C(=O)[C@@H](NC(=O)[C@H](C)N(C)C(=O)OC(C)(C)C)C(C)(C)C. The van der Waals surface area contributed by atoms with Gasteiger partial charge in [0.05, 0.1) is 13.2 Å². The lowest BCUT2D eigenvalue weighted by atomic mass is 9.85. The van der Waals surface area contributed by atoms with Gasteiger partial charge in [0, 0.05) is 18.5 Å². The summed E-state index contributed by atoms with van der Waals surface area (Å²) in [5.41, 5.74) is 7.30. The molecule has 12 nitrogen and oxygen atoms in total. The highest BCUT2D eigenvalue weighted by molar-refractivity contribution is 5.93. The standard InChI is InChI=1S/C21H36N6O6/c1-12(26(8)19(31)33-21(5,6)7)16(28)23-15(20(2,3)4)17(29)27-11-13(24-25-22)10-14(27)18(30)32-9/h12-15H,10-11H2,1-9H3,(H,23,28)/t12-,13?,14?,15+/m0/s1. The fourth-order valence-electron chi connectivity index (χ4n) is 3.32. The highest BCUT2D eigenvalue weighted by atomic mass is 16.6. The van der Waals surface area contributed by atoms with Crippen molar-refractivity contribution in [1.29, 1.82) is 0 Å². The monoisotopic (exact) mass is 468 g/mol. The summed E-state index contributed by atoms with van der Waals surface area (Å²) in [4.78, 5) is 56.3. The third-order valence-corrected chi connectivity index (χ3v) is 5.29. The maximum atomic E-state index is 13.5. The van der Waals surface area contributed by atoms with E-state index in [9.17, 15) is 19.2 Å². The molecule has 0 aromatic heterocycles. The summed E-state index contributed by atoms with van der Waals surface area (Å²) < 4.78 is 10.1. The topological polar surface area (TPSA) is 154 Å². The molecule has 1 aliphatic heterocycles. The van der Waals surface area contributed by atoms with Gasteiger partial charge in [-0.15, -0.1) is 0 Å². The number of nitrogens with one attached hydrogen (secondary N) is 1. The van der Waals surface area contributed by atoms with E-state index in [2.05, 4.69) is 15.3 Å². The van der Waals surface area contributed by atoms with Crippen LogP contribution in [0.25, 0.3) is 10.4 Å². The summed E-state index contributed by atoms with van der Waals surface area (Å²) in [6, 6.07) is -3.46. The largest absolute Gasteiger partial charge is 0.467 e. The number of hydrogen-bond acceptors (Lipinski definition) is 7. The number of amides is 3. The highest BCUT2D eigenvalue weighted by Crippen LogP contribution is 2.28. The summed E-state index contributed by atoms with van der Waals surface area (Å²) in [6.07, 6.45) is -0.545. The molecule has 0 spiro atoms. The molecule has 1 rings (SSSR count). The van der Waals surface area contributed by atoms with E-state index in [1.807, 2.05) is 0 Å². The van der Waals surface area contributed by atoms with Crippen LogP contribution in [0.5, 0.6) is 0 Å². The first kappa shape index (κ1) is 28.0. The molecule has 1 saturated heterocycles. The molecule has 0 radical (unpaired) electrons. The van der Waals surface area contributed by atoms with Gasteiger partial charge >= 0.3 is 12.1 Å². The Balaban J connectivity index is 3.11. The van der Waals surface area contributed by atoms with Crippen molar-refractivity contribution in [3.05, 3.63) is 10.4 Å². The van der Waals surface area contributed by atoms with E-state index in [0.29, 0.717) is 0 Å². The van der Waals surface area contributed by atoms with E-state index in [0.717, 1.165) is 4.90 Å². The molecule has 1 heterocycles. The predicted molar refractivity (Wildman–Crippen MR) is 120 cm³/mol. The Hall–Kier alpha value is -3.01. The van der Waals surface area contributed by atoms with Gasteiger partial charge in [0.1, 0.15) is 23.7 Å². The zero-order chi connectivity index (χ0) is 25.7. The minimum atomic E-state index is -1.02. The fourth-order valence-corrected chi connectivity index (χ4v) is 3.32. The number of ether oxygens (including phenoxy) is 2. The normalized spacial score (nSPS) is 20.2. The van der Waals surface area contributed by atoms with Crippen molar-refractivity contribution < 1.29 is 28.7 Å². The Morgan fingerprint density at radius 3 is 2.21 bits per heavy atom. The Kier molecular flexibility index (Phi) is 9.12. The van der Waals surface area contributed by atoms with Gasteiger partial charge in [0.2, 0.25) is 11.8 Å². The summed E-state index contributed by atoms with van der Waals surface area (Å²) in [5, 5.41) is 6.36. The second kappa shape index (κ2) is 10.7. The molecule has 1 N–H and O–H groups in total. The molecule has 4 atom stereocenters. The van der Waals surface area contributed by atoms with E-state index in [1.54, 1.807) is 41.5 Å². The van der Waals surface area contributed by atoms with Gasteiger partial charge in [0.15, 0.2) is 0 Å². The zero-order valence-electron chi connectivity index (χ0n) is 20.9. The van der Waals surface area contributed by atoms with Crippen LogP contribution >= 0.6 is 0 Å². The van der Waals surface area contributed by atoms with Gasteiger partial charge in [-0.2, -0.15) is 0 Å². The zero-order valence-corrected chi connectivity index (χ0v) is 20.9. The number of rotatable bonds is 6. The summed E-state index contributed by atoms with van der Waals surface area (Å²) in [7, 11) is 2.65. The Morgan fingerprint density at radius 2 is 1.76 bits per heavy atom. The maximum Gasteiger partial charge on any atom is 0.410 e. The van der Waals surface area contributed by atoms with Gasteiger partial charge in [-0.05, 0) is 45.1 Å². The average Bonchev–Trinajstić information content (AvgIpc) is 3.11. The van der Waals surface area contributed by atoms with E-state index >= 15 is 0 Å². The molecular weight excluding hydrogens is 432 g/mol. The van der Waals surface area contributed by atoms with E-state index in [-0.39, 0.29) is 13.0 Å². The minimum Gasteiger partial charge on any atom is -0.467 e. The lowest BCUT2D eigenvalue weighted by molar-refractivity contribution is -0.153. The van der Waals surface area contributed by atoms with Crippen molar-refractivity contribution in [2.24, 2.45) is 10.5 Å². The maximum absolute atomic E-state index is 13.5. The molecule has 186 valence electrons. The summed E-state index contributed by atoms with van der Waals surface area (Å²) in [6.45, 7) is 12.0. The van der Waals surface area contributed by atoms with E-state index < -0.39 is 59.1 Å². The molecule has 0 aromatic rings. The van der Waals surface area contributed by atoms with Gasteiger partial charge in [0.25, 0.3) is 0 Å². The second-order valence-electron chi connectivity index (χ2n) is 10.2. The number of carbonyl (C=O) groups excluding carboxylic acids is 4. The molecule has 0 aliphatic carbocycles. The van der Waals surface area contributed by atoms with Crippen molar-refractivity contribution in [2.45, 2.75) is 84.7 Å². The molecule has 0 saturated carbocycles. The number of azide groups is 1. The molecule has 12 heteroatoms. The van der Waals surface area contributed by atoms with E-state index in [1.165, 1.54) is 26.0 Å².